The molecule has 0 unspecified atom stereocenters. The average Bonchev–Trinajstić information content (AvgIpc) is 1.82. The minimum Gasteiger partial charge on any atom is -0.285 e. The summed E-state index contributed by atoms with van der Waals surface area (Å²) in [5.74, 6) is -0.424. The molecule has 66 valence electrons. The Bertz CT molecular complexity index is 374. The predicted molar refractivity (Wildman–Crippen MR) is 42.0 cm³/mol. The summed E-state index contributed by atoms with van der Waals surface area (Å²) in [5, 5.41) is 0. The second kappa shape index (κ2) is 3.16. The summed E-state index contributed by atoms with van der Waals surface area (Å²) in [4.78, 5) is 7.48. The standard InChI is InChI=1S/C6H8N2O3S/c1-5-2-3-7-6(8-5)4-12(9,10)11/h2-3H,4H2,1H3,(H,9,10,11). The van der Waals surface area contributed by atoms with E-state index in [-0.39, 0.29) is 5.82 Å². The minimum absolute atomic E-state index is 0.109. The van der Waals surface area contributed by atoms with Gasteiger partial charge in [0, 0.05) is 11.9 Å². The highest BCUT2D eigenvalue weighted by molar-refractivity contribution is 7.84. The molecule has 1 aromatic heterocycles. The molecule has 0 aliphatic heterocycles. The lowest BCUT2D eigenvalue weighted by Gasteiger charge is -1.96. The van der Waals surface area contributed by atoms with Crippen LogP contribution >= 0.6 is 0 Å². The van der Waals surface area contributed by atoms with Gasteiger partial charge in [-0.3, -0.25) is 4.55 Å². The second-order valence-electron chi connectivity index (χ2n) is 2.34. The van der Waals surface area contributed by atoms with E-state index in [0.29, 0.717) is 5.69 Å². The van der Waals surface area contributed by atoms with Crippen molar-refractivity contribution >= 4 is 10.1 Å². The molecule has 0 aromatic carbocycles. The zero-order chi connectivity index (χ0) is 9.19. The molecule has 0 spiro atoms. The van der Waals surface area contributed by atoms with Gasteiger partial charge >= 0.3 is 0 Å². The summed E-state index contributed by atoms with van der Waals surface area (Å²) >= 11 is 0. The van der Waals surface area contributed by atoms with Crippen molar-refractivity contribution in [2.45, 2.75) is 12.7 Å². The van der Waals surface area contributed by atoms with E-state index in [1.165, 1.54) is 6.20 Å². The molecule has 0 aliphatic rings. The summed E-state index contributed by atoms with van der Waals surface area (Å²) in [5.41, 5.74) is 0.670. The first kappa shape index (κ1) is 9.08. The smallest absolute Gasteiger partial charge is 0.272 e. The molecule has 0 amide bonds. The maximum Gasteiger partial charge on any atom is 0.272 e. The van der Waals surface area contributed by atoms with E-state index in [4.69, 9.17) is 4.55 Å². The van der Waals surface area contributed by atoms with Crippen molar-refractivity contribution in [1.29, 1.82) is 0 Å². The summed E-state index contributed by atoms with van der Waals surface area (Å²) in [6.45, 7) is 1.72. The van der Waals surface area contributed by atoms with Gasteiger partial charge in [0.15, 0.2) is 0 Å². The van der Waals surface area contributed by atoms with Gasteiger partial charge in [0.1, 0.15) is 11.6 Å². The Hall–Kier alpha value is -1.01. The maximum atomic E-state index is 10.4. The molecule has 0 atom stereocenters. The van der Waals surface area contributed by atoms with Gasteiger partial charge < -0.3 is 0 Å². The van der Waals surface area contributed by atoms with Crippen LogP contribution in [-0.2, 0) is 15.9 Å². The third kappa shape index (κ3) is 2.93. The Morgan fingerprint density at radius 1 is 1.58 bits per heavy atom. The number of aryl methyl sites for hydroxylation is 1. The largest absolute Gasteiger partial charge is 0.285 e. The highest BCUT2D eigenvalue weighted by atomic mass is 32.2. The van der Waals surface area contributed by atoms with E-state index >= 15 is 0 Å². The number of rotatable bonds is 2. The van der Waals surface area contributed by atoms with Crippen molar-refractivity contribution in [1.82, 2.24) is 9.97 Å². The van der Waals surface area contributed by atoms with Crippen LogP contribution in [0.2, 0.25) is 0 Å². The van der Waals surface area contributed by atoms with E-state index in [1.54, 1.807) is 13.0 Å². The molecular weight excluding hydrogens is 180 g/mol. The zero-order valence-electron chi connectivity index (χ0n) is 6.43. The van der Waals surface area contributed by atoms with Gasteiger partial charge in [-0.1, -0.05) is 0 Å². The van der Waals surface area contributed by atoms with Crippen molar-refractivity contribution < 1.29 is 13.0 Å². The molecule has 0 bridgehead atoms. The fraction of sp³-hybridized carbons (Fsp3) is 0.333. The molecule has 0 fully saturated rings. The third-order valence-electron chi connectivity index (χ3n) is 1.16. The SMILES string of the molecule is Cc1ccnc(CS(=O)(=O)O)n1. The van der Waals surface area contributed by atoms with Crippen molar-refractivity contribution in [3.63, 3.8) is 0 Å². The normalized spacial score (nSPS) is 11.5. The van der Waals surface area contributed by atoms with Gasteiger partial charge in [0.25, 0.3) is 10.1 Å². The Kier molecular flexibility index (Phi) is 2.39. The van der Waals surface area contributed by atoms with Crippen molar-refractivity contribution in [3.8, 4) is 0 Å². The summed E-state index contributed by atoms with van der Waals surface area (Å²) in [6.07, 6.45) is 1.45. The first-order chi connectivity index (χ1) is 5.47. The Morgan fingerprint density at radius 3 is 2.75 bits per heavy atom. The third-order valence-corrected chi connectivity index (χ3v) is 1.78. The Labute approximate surface area is 70.2 Å². The molecule has 12 heavy (non-hydrogen) atoms. The molecule has 5 nitrogen and oxygen atoms in total. The summed E-state index contributed by atoms with van der Waals surface area (Å²) in [7, 11) is -4.02. The van der Waals surface area contributed by atoms with Gasteiger partial charge in [-0.15, -0.1) is 0 Å². The van der Waals surface area contributed by atoms with Gasteiger partial charge in [-0.25, -0.2) is 9.97 Å². The number of aromatic nitrogens is 2. The predicted octanol–water partition coefficient (Wildman–Crippen LogP) is 0.173. The van der Waals surface area contributed by atoms with E-state index in [2.05, 4.69) is 9.97 Å². The van der Waals surface area contributed by atoms with Gasteiger partial charge in [0.05, 0.1) is 0 Å². The van der Waals surface area contributed by atoms with Crippen LogP contribution in [0.25, 0.3) is 0 Å². The van der Waals surface area contributed by atoms with Gasteiger partial charge in [-0.05, 0) is 13.0 Å². The lowest BCUT2D eigenvalue weighted by atomic mass is 10.4. The van der Waals surface area contributed by atoms with E-state index in [1.807, 2.05) is 0 Å². The molecule has 1 aromatic rings. The fourth-order valence-electron chi connectivity index (χ4n) is 0.734. The van der Waals surface area contributed by atoms with Crippen LogP contribution in [0.15, 0.2) is 12.3 Å². The zero-order valence-corrected chi connectivity index (χ0v) is 7.24. The van der Waals surface area contributed by atoms with Crippen molar-refractivity contribution in [3.05, 3.63) is 23.8 Å². The first-order valence-corrected chi connectivity index (χ1v) is 4.82. The van der Waals surface area contributed by atoms with Crippen molar-refractivity contribution in [2.24, 2.45) is 0 Å². The molecule has 0 saturated carbocycles. The highest BCUT2D eigenvalue weighted by Gasteiger charge is 2.08. The van der Waals surface area contributed by atoms with E-state index in [9.17, 15) is 8.42 Å². The number of hydrogen-bond acceptors (Lipinski definition) is 4. The average molecular weight is 188 g/mol. The van der Waals surface area contributed by atoms with Crippen LogP contribution in [0, 0.1) is 6.92 Å². The Morgan fingerprint density at radius 2 is 2.25 bits per heavy atom. The molecule has 1 heterocycles. The van der Waals surface area contributed by atoms with Crippen LogP contribution in [-0.4, -0.2) is 22.9 Å². The second-order valence-corrected chi connectivity index (χ2v) is 3.79. The quantitative estimate of drug-likeness (QED) is 0.669. The summed E-state index contributed by atoms with van der Waals surface area (Å²) < 4.78 is 29.2. The topological polar surface area (TPSA) is 80.2 Å². The fourth-order valence-corrected chi connectivity index (χ4v) is 1.20. The molecule has 0 saturated heterocycles. The van der Waals surface area contributed by atoms with Crippen LogP contribution in [0.1, 0.15) is 11.5 Å². The molecule has 0 radical (unpaired) electrons. The highest BCUT2D eigenvalue weighted by Crippen LogP contribution is 1.98. The van der Waals surface area contributed by atoms with E-state index < -0.39 is 15.9 Å². The summed E-state index contributed by atoms with van der Waals surface area (Å²) in [6, 6.07) is 1.65. The Balaban J connectivity index is 2.91. The molecular formula is C6H8N2O3S. The molecule has 1 rings (SSSR count). The maximum absolute atomic E-state index is 10.4. The lowest BCUT2D eigenvalue weighted by Crippen LogP contribution is -2.05. The van der Waals surface area contributed by atoms with Gasteiger partial charge in [0.2, 0.25) is 0 Å². The monoisotopic (exact) mass is 188 g/mol. The lowest BCUT2D eigenvalue weighted by molar-refractivity contribution is 0.480. The minimum atomic E-state index is -4.02. The van der Waals surface area contributed by atoms with Gasteiger partial charge in [-0.2, -0.15) is 8.42 Å². The van der Waals surface area contributed by atoms with Crippen LogP contribution in [0.3, 0.4) is 0 Å². The first-order valence-electron chi connectivity index (χ1n) is 3.21. The van der Waals surface area contributed by atoms with Crippen LogP contribution in [0.4, 0.5) is 0 Å². The molecule has 6 heteroatoms. The molecule has 0 aliphatic carbocycles. The number of hydrogen-bond donors (Lipinski definition) is 1. The molecule has 1 N–H and O–H groups in total. The van der Waals surface area contributed by atoms with Crippen molar-refractivity contribution in [2.75, 3.05) is 0 Å². The number of nitrogens with zero attached hydrogens (tertiary/aromatic N) is 2. The van der Waals surface area contributed by atoms with E-state index in [0.717, 1.165) is 0 Å². The van der Waals surface area contributed by atoms with Crippen LogP contribution < -0.4 is 0 Å². The van der Waals surface area contributed by atoms with Crippen LogP contribution in [0.5, 0.6) is 0 Å².